The lowest BCUT2D eigenvalue weighted by atomic mass is 9.94. The molecule has 0 aliphatic carbocycles. The first-order chi connectivity index (χ1) is 12.0. The number of piperidine rings is 1. The summed E-state index contributed by atoms with van der Waals surface area (Å²) >= 11 is 0. The quantitative estimate of drug-likeness (QED) is 0.847. The van der Waals surface area contributed by atoms with Crippen molar-refractivity contribution in [3.63, 3.8) is 0 Å². The van der Waals surface area contributed by atoms with E-state index >= 15 is 0 Å². The Labute approximate surface area is 148 Å². The largest absolute Gasteiger partial charge is 0.367 e. The molecule has 0 bridgehead atoms. The highest BCUT2D eigenvalue weighted by Crippen LogP contribution is 2.38. The number of amides is 1. The summed E-state index contributed by atoms with van der Waals surface area (Å²) in [5.74, 6) is 1.08. The molecule has 1 aromatic rings. The average Bonchev–Trinajstić information content (AvgIpc) is 2.94. The standard InChI is InChI=1S/C18H26N6O/c1-4-21-16-15(5-7-22-17(16)20-3)23-10-12(2)9-13(11-23)24-8-6-14(19)18(24)25/h4-5,7,12-14H,3,6,8-11,19H2,1-2H3/b21-4-/t12-,13+,14+/m0/s1. The lowest BCUT2D eigenvalue weighted by molar-refractivity contribution is -0.131. The third-order valence-corrected chi connectivity index (χ3v) is 4.99. The van der Waals surface area contributed by atoms with Gasteiger partial charge in [-0.15, -0.1) is 0 Å². The highest BCUT2D eigenvalue weighted by molar-refractivity contribution is 5.84. The van der Waals surface area contributed by atoms with E-state index in [0.29, 0.717) is 11.7 Å². The SMILES string of the molecule is C=Nc1nccc(N2C[C@@H](C)C[C@@H](N3CC[C@@H](N)C3=O)C2)c1/N=C\C. The van der Waals surface area contributed by atoms with E-state index < -0.39 is 0 Å². The van der Waals surface area contributed by atoms with E-state index in [2.05, 4.69) is 33.5 Å². The van der Waals surface area contributed by atoms with E-state index in [4.69, 9.17) is 5.73 Å². The predicted molar refractivity (Wildman–Crippen MR) is 101 cm³/mol. The Kier molecular flexibility index (Phi) is 5.13. The highest BCUT2D eigenvalue weighted by atomic mass is 16.2. The Balaban J connectivity index is 1.90. The van der Waals surface area contributed by atoms with Gasteiger partial charge in [-0.25, -0.2) is 9.98 Å². The second kappa shape index (κ2) is 7.31. The Hall–Kier alpha value is -2.28. The number of nitrogens with zero attached hydrogens (tertiary/aromatic N) is 5. The van der Waals surface area contributed by atoms with E-state index in [0.717, 1.165) is 43.9 Å². The van der Waals surface area contributed by atoms with Gasteiger partial charge in [0.15, 0.2) is 5.82 Å². The van der Waals surface area contributed by atoms with Crippen LogP contribution in [0, 0.1) is 5.92 Å². The summed E-state index contributed by atoms with van der Waals surface area (Å²) in [6.07, 6.45) is 5.22. The van der Waals surface area contributed by atoms with Crippen molar-refractivity contribution in [1.29, 1.82) is 0 Å². The summed E-state index contributed by atoms with van der Waals surface area (Å²) in [6.45, 7) is 10.1. The smallest absolute Gasteiger partial charge is 0.239 e. The molecule has 0 aromatic carbocycles. The van der Waals surface area contributed by atoms with Crippen LogP contribution in [0.2, 0.25) is 0 Å². The molecule has 25 heavy (non-hydrogen) atoms. The molecule has 1 amide bonds. The van der Waals surface area contributed by atoms with Gasteiger partial charge in [0.2, 0.25) is 5.91 Å². The Bertz CT molecular complexity index is 688. The number of carbonyl (C=O) groups excluding carboxylic acids is 1. The van der Waals surface area contributed by atoms with Gasteiger partial charge in [0, 0.05) is 38.1 Å². The molecule has 2 aliphatic heterocycles. The molecule has 3 heterocycles. The Morgan fingerprint density at radius 1 is 1.44 bits per heavy atom. The fourth-order valence-corrected chi connectivity index (χ4v) is 3.89. The summed E-state index contributed by atoms with van der Waals surface area (Å²) in [4.78, 5) is 29.3. The maximum absolute atomic E-state index is 12.3. The molecular weight excluding hydrogens is 316 g/mol. The van der Waals surface area contributed by atoms with Crippen LogP contribution in [0.3, 0.4) is 0 Å². The van der Waals surface area contributed by atoms with Gasteiger partial charge >= 0.3 is 0 Å². The molecule has 2 fully saturated rings. The molecule has 7 nitrogen and oxygen atoms in total. The van der Waals surface area contributed by atoms with Gasteiger partial charge in [-0.1, -0.05) is 6.92 Å². The average molecular weight is 342 g/mol. The van der Waals surface area contributed by atoms with Crippen molar-refractivity contribution in [2.75, 3.05) is 24.5 Å². The predicted octanol–water partition coefficient (Wildman–Crippen LogP) is 1.91. The van der Waals surface area contributed by atoms with Crippen molar-refractivity contribution in [3.05, 3.63) is 12.3 Å². The van der Waals surface area contributed by atoms with Crippen LogP contribution in [0.1, 0.15) is 26.7 Å². The van der Waals surface area contributed by atoms with E-state index in [9.17, 15) is 4.79 Å². The molecule has 2 N–H and O–H groups in total. The number of rotatable bonds is 4. The number of aliphatic imine (C=N–C) groups is 2. The third-order valence-electron chi connectivity index (χ3n) is 4.99. The molecule has 0 radical (unpaired) electrons. The van der Waals surface area contributed by atoms with Crippen LogP contribution in [0.15, 0.2) is 22.2 Å². The lowest BCUT2D eigenvalue weighted by Gasteiger charge is -2.42. The van der Waals surface area contributed by atoms with Crippen LogP contribution >= 0.6 is 0 Å². The molecule has 2 saturated heterocycles. The Morgan fingerprint density at radius 2 is 2.24 bits per heavy atom. The fourth-order valence-electron chi connectivity index (χ4n) is 3.89. The molecule has 3 rings (SSSR count). The number of nitrogens with two attached hydrogens (primary N) is 1. The third kappa shape index (κ3) is 3.42. The van der Waals surface area contributed by atoms with Gasteiger partial charge in [0.1, 0.15) is 5.69 Å². The summed E-state index contributed by atoms with van der Waals surface area (Å²) in [6, 6.07) is 1.80. The summed E-state index contributed by atoms with van der Waals surface area (Å²) < 4.78 is 0. The van der Waals surface area contributed by atoms with Crippen LogP contribution < -0.4 is 10.6 Å². The van der Waals surface area contributed by atoms with Crippen LogP contribution in [0.4, 0.5) is 17.2 Å². The van der Waals surface area contributed by atoms with Gasteiger partial charge in [0.05, 0.1) is 11.7 Å². The van der Waals surface area contributed by atoms with Crippen molar-refractivity contribution >= 4 is 36.0 Å². The molecule has 3 atom stereocenters. The molecule has 0 spiro atoms. The molecule has 1 aromatic heterocycles. The minimum atomic E-state index is -0.344. The maximum Gasteiger partial charge on any atom is 0.239 e. The summed E-state index contributed by atoms with van der Waals surface area (Å²) in [7, 11) is 0. The summed E-state index contributed by atoms with van der Waals surface area (Å²) in [5.41, 5.74) is 7.63. The van der Waals surface area contributed by atoms with Crippen molar-refractivity contribution in [2.45, 2.75) is 38.8 Å². The van der Waals surface area contributed by atoms with Crippen molar-refractivity contribution in [1.82, 2.24) is 9.88 Å². The van der Waals surface area contributed by atoms with Crippen LogP contribution in [-0.2, 0) is 4.79 Å². The molecular formula is C18H26N6O. The fraction of sp³-hybridized carbons (Fsp3) is 0.556. The van der Waals surface area contributed by atoms with Gasteiger partial charge in [-0.2, -0.15) is 0 Å². The zero-order valence-corrected chi connectivity index (χ0v) is 14.9. The zero-order valence-electron chi connectivity index (χ0n) is 14.9. The zero-order chi connectivity index (χ0) is 18.0. The van der Waals surface area contributed by atoms with Crippen molar-refractivity contribution < 1.29 is 4.79 Å². The minimum absolute atomic E-state index is 0.0778. The number of hydrogen-bond donors (Lipinski definition) is 1. The molecule has 7 heteroatoms. The van der Waals surface area contributed by atoms with Gasteiger partial charge < -0.3 is 15.5 Å². The topological polar surface area (TPSA) is 87.2 Å². The number of pyridine rings is 1. The highest BCUT2D eigenvalue weighted by Gasteiger charge is 2.37. The maximum atomic E-state index is 12.3. The number of carbonyl (C=O) groups is 1. The second-order valence-electron chi connectivity index (χ2n) is 6.87. The number of hydrogen-bond acceptors (Lipinski definition) is 6. The Morgan fingerprint density at radius 3 is 2.88 bits per heavy atom. The monoisotopic (exact) mass is 342 g/mol. The second-order valence-corrected chi connectivity index (χ2v) is 6.87. The van der Waals surface area contributed by atoms with Gasteiger partial charge in [-0.05, 0) is 38.5 Å². The molecule has 0 saturated carbocycles. The van der Waals surface area contributed by atoms with Crippen molar-refractivity contribution in [3.8, 4) is 0 Å². The van der Waals surface area contributed by atoms with E-state index in [-0.39, 0.29) is 18.0 Å². The normalized spacial score (nSPS) is 27.3. The first kappa shape index (κ1) is 17.5. The van der Waals surface area contributed by atoms with E-state index in [1.807, 2.05) is 17.9 Å². The van der Waals surface area contributed by atoms with E-state index in [1.165, 1.54) is 0 Å². The van der Waals surface area contributed by atoms with Crippen LogP contribution in [-0.4, -0.2) is 60.4 Å². The first-order valence-electron chi connectivity index (χ1n) is 8.80. The van der Waals surface area contributed by atoms with Crippen LogP contribution in [0.5, 0.6) is 0 Å². The first-order valence-corrected chi connectivity index (χ1v) is 8.80. The summed E-state index contributed by atoms with van der Waals surface area (Å²) in [5, 5.41) is 0. The van der Waals surface area contributed by atoms with Crippen LogP contribution in [0.25, 0.3) is 0 Å². The van der Waals surface area contributed by atoms with E-state index in [1.54, 1.807) is 12.4 Å². The minimum Gasteiger partial charge on any atom is -0.367 e. The lowest BCUT2D eigenvalue weighted by Crippen LogP contribution is -2.52. The number of anilines is 1. The molecule has 0 unspecified atom stereocenters. The number of likely N-dealkylation sites (tertiary alicyclic amines) is 1. The van der Waals surface area contributed by atoms with Crippen molar-refractivity contribution in [2.24, 2.45) is 21.6 Å². The molecule has 2 aliphatic rings. The molecule has 134 valence electrons. The van der Waals surface area contributed by atoms with Gasteiger partial charge in [-0.3, -0.25) is 9.79 Å². The van der Waals surface area contributed by atoms with Gasteiger partial charge in [0.25, 0.3) is 0 Å². The number of aromatic nitrogens is 1.